The van der Waals surface area contributed by atoms with Crippen molar-refractivity contribution in [3.63, 3.8) is 0 Å². The number of nitrogens with zero attached hydrogens (tertiary/aromatic N) is 2. The van der Waals surface area contributed by atoms with Gasteiger partial charge in [0, 0.05) is 56.7 Å². The molecule has 1 aromatic carbocycles. The van der Waals surface area contributed by atoms with Crippen molar-refractivity contribution in [3.05, 3.63) is 30.3 Å². The number of carbonyl (C=O) groups is 1. The van der Waals surface area contributed by atoms with E-state index in [9.17, 15) is 13.2 Å². The van der Waals surface area contributed by atoms with Crippen LogP contribution in [0.3, 0.4) is 0 Å². The van der Waals surface area contributed by atoms with Gasteiger partial charge in [-0.25, -0.2) is 8.42 Å². The smallest absolute Gasteiger partial charge is 0.243 e. The molecule has 26 heavy (non-hydrogen) atoms. The summed E-state index contributed by atoms with van der Waals surface area (Å²) in [4.78, 5) is 14.7. The lowest BCUT2D eigenvalue weighted by Gasteiger charge is -2.26. The molecule has 1 atom stereocenters. The van der Waals surface area contributed by atoms with E-state index < -0.39 is 10.0 Å². The molecule has 2 aliphatic heterocycles. The third-order valence-electron chi connectivity index (χ3n) is 4.61. The summed E-state index contributed by atoms with van der Waals surface area (Å²) >= 11 is 1.88. The number of rotatable bonds is 4. The van der Waals surface area contributed by atoms with E-state index in [1.807, 2.05) is 16.7 Å². The van der Waals surface area contributed by atoms with Crippen LogP contribution in [0.5, 0.6) is 0 Å². The molecule has 1 aromatic rings. The average Bonchev–Trinajstić information content (AvgIpc) is 2.90. The molecular formula is C17H26ClN3O3S2. The van der Waals surface area contributed by atoms with Gasteiger partial charge in [-0.05, 0) is 18.6 Å². The minimum absolute atomic E-state index is 0. The van der Waals surface area contributed by atoms with E-state index >= 15 is 0 Å². The summed E-state index contributed by atoms with van der Waals surface area (Å²) in [6, 6.07) is 8.74. The van der Waals surface area contributed by atoms with Gasteiger partial charge >= 0.3 is 0 Å². The van der Waals surface area contributed by atoms with Crippen LogP contribution in [0.4, 0.5) is 0 Å². The Labute approximate surface area is 166 Å². The number of carbonyl (C=O) groups excluding carboxylic acids is 1. The van der Waals surface area contributed by atoms with Crippen LogP contribution >= 0.6 is 24.2 Å². The summed E-state index contributed by atoms with van der Waals surface area (Å²) in [5, 5.41) is 3.38. The van der Waals surface area contributed by atoms with Crippen LogP contribution in [0.1, 0.15) is 12.8 Å². The lowest BCUT2D eigenvalue weighted by atomic mass is 10.2. The van der Waals surface area contributed by atoms with E-state index in [0.29, 0.717) is 43.9 Å². The van der Waals surface area contributed by atoms with Gasteiger partial charge in [0.1, 0.15) is 0 Å². The molecule has 1 N–H and O–H groups in total. The molecule has 146 valence electrons. The fraction of sp³-hybridized carbons (Fsp3) is 0.588. The van der Waals surface area contributed by atoms with Crippen LogP contribution in [-0.2, 0) is 14.8 Å². The van der Waals surface area contributed by atoms with Crippen molar-refractivity contribution >= 4 is 40.1 Å². The van der Waals surface area contributed by atoms with Crippen molar-refractivity contribution in [2.75, 3.05) is 44.2 Å². The zero-order valence-electron chi connectivity index (χ0n) is 14.7. The first-order valence-corrected chi connectivity index (χ1v) is 11.3. The van der Waals surface area contributed by atoms with Crippen LogP contribution in [0.15, 0.2) is 35.2 Å². The van der Waals surface area contributed by atoms with Gasteiger partial charge in [0.05, 0.1) is 4.90 Å². The van der Waals surface area contributed by atoms with E-state index in [1.54, 1.807) is 30.3 Å². The van der Waals surface area contributed by atoms with E-state index in [-0.39, 0.29) is 24.4 Å². The third kappa shape index (κ3) is 5.36. The molecule has 2 aliphatic rings. The number of hydrogen-bond acceptors (Lipinski definition) is 5. The Hall–Kier alpha value is -0.800. The zero-order chi connectivity index (χ0) is 17.7. The summed E-state index contributed by atoms with van der Waals surface area (Å²) < 4.78 is 27.0. The van der Waals surface area contributed by atoms with Crippen LogP contribution < -0.4 is 5.32 Å². The molecular weight excluding hydrogens is 394 g/mol. The number of halogens is 1. The van der Waals surface area contributed by atoms with Crippen molar-refractivity contribution in [1.82, 2.24) is 14.5 Å². The summed E-state index contributed by atoms with van der Waals surface area (Å²) in [5.74, 6) is 2.19. The topological polar surface area (TPSA) is 69.7 Å². The molecule has 2 heterocycles. The van der Waals surface area contributed by atoms with Crippen LogP contribution in [0, 0.1) is 0 Å². The second-order valence-electron chi connectivity index (χ2n) is 6.38. The molecule has 0 saturated carbocycles. The van der Waals surface area contributed by atoms with Gasteiger partial charge in [0.2, 0.25) is 15.9 Å². The highest BCUT2D eigenvalue weighted by Gasteiger charge is 2.29. The highest BCUT2D eigenvalue weighted by atomic mass is 35.5. The molecule has 6 nitrogen and oxygen atoms in total. The first-order chi connectivity index (χ1) is 12.1. The molecule has 2 fully saturated rings. The standard InChI is InChI=1S/C17H25N3O3S2.ClH/c21-17(13-15-14-24-12-7-18-15)19-8-4-9-20(11-10-19)25(22,23)16-5-2-1-3-6-16;/h1-3,5-6,15,18H,4,7-14H2;1H. The highest BCUT2D eigenvalue weighted by Crippen LogP contribution is 2.18. The Morgan fingerprint density at radius 2 is 1.92 bits per heavy atom. The number of hydrogen-bond donors (Lipinski definition) is 1. The largest absolute Gasteiger partial charge is 0.341 e. The van der Waals surface area contributed by atoms with Gasteiger partial charge in [-0.2, -0.15) is 16.1 Å². The molecule has 0 aromatic heterocycles. The lowest BCUT2D eigenvalue weighted by molar-refractivity contribution is -0.131. The van der Waals surface area contributed by atoms with Crippen molar-refractivity contribution in [2.24, 2.45) is 0 Å². The van der Waals surface area contributed by atoms with E-state index in [4.69, 9.17) is 0 Å². The second-order valence-corrected chi connectivity index (χ2v) is 9.47. The maximum Gasteiger partial charge on any atom is 0.243 e. The molecule has 0 bridgehead atoms. The normalized spacial score (nSPS) is 22.3. The van der Waals surface area contributed by atoms with Gasteiger partial charge in [-0.15, -0.1) is 12.4 Å². The first kappa shape index (κ1) is 21.5. The van der Waals surface area contributed by atoms with Crippen LogP contribution in [0.25, 0.3) is 0 Å². The quantitative estimate of drug-likeness (QED) is 0.799. The zero-order valence-corrected chi connectivity index (χ0v) is 17.1. The lowest BCUT2D eigenvalue weighted by Crippen LogP contribution is -2.43. The number of amides is 1. The predicted molar refractivity (Wildman–Crippen MR) is 107 cm³/mol. The van der Waals surface area contributed by atoms with Crippen molar-refractivity contribution in [3.8, 4) is 0 Å². The number of nitrogens with one attached hydrogen (secondary N) is 1. The fourth-order valence-electron chi connectivity index (χ4n) is 3.22. The minimum atomic E-state index is -3.48. The van der Waals surface area contributed by atoms with Gasteiger partial charge < -0.3 is 10.2 Å². The third-order valence-corrected chi connectivity index (χ3v) is 7.65. The summed E-state index contributed by atoms with van der Waals surface area (Å²) in [6.45, 7) is 2.85. The molecule has 0 aliphatic carbocycles. The molecule has 1 unspecified atom stereocenters. The summed E-state index contributed by atoms with van der Waals surface area (Å²) in [7, 11) is -3.48. The Kier molecular flexibility index (Phi) is 8.22. The summed E-state index contributed by atoms with van der Waals surface area (Å²) in [6.07, 6.45) is 1.17. The van der Waals surface area contributed by atoms with Gasteiger partial charge in [0.15, 0.2) is 0 Å². The molecule has 0 radical (unpaired) electrons. The first-order valence-electron chi connectivity index (χ1n) is 8.71. The maximum absolute atomic E-state index is 12.7. The number of thioether (sulfide) groups is 1. The minimum Gasteiger partial charge on any atom is -0.341 e. The monoisotopic (exact) mass is 419 g/mol. The van der Waals surface area contributed by atoms with Crippen LogP contribution in [0.2, 0.25) is 0 Å². The van der Waals surface area contributed by atoms with Crippen LogP contribution in [-0.4, -0.2) is 73.8 Å². The van der Waals surface area contributed by atoms with Gasteiger partial charge in [-0.3, -0.25) is 4.79 Å². The van der Waals surface area contributed by atoms with E-state index in [0.717, 1.165) is 18.1 Å². The average molecular weight is 420 g/mol. The molecule has 2 saturated heterocycles. The van der Waals surface area contributed by atoms with Gasteiger partial charge in [0.25, 0.3) is 0 Å². The Morgan fingerprint density at radius 3 is 2.62 bits per heavy atom. The number of sulfonamides is 1. The maximum atomic E-state index is 12.7. The fourth-order valence-corrected chi connectivity index (χ4v) is 5.66. The van der Waals surface area contributed by atoms with Crippen molar-refractivity contribution in [1.29, 1.82) is 0 Å². The highest BCUT2D eigenvalue weighted by molar-refractivity contribution is 7.99. The Morgan fingerprint density at radius 1 is 1.15 bits per heavy atom. The van der Waals surface area contributed by atoms with Crippen molar-refractivity contribution < 1.29 is 13.2 Å². The summed E-state index contributed by atoms with van der Waals surface area (Å²) in [5.41, 5.74) is 0. The second kappa shape index (κ2) is 9.94. The molecule has 0 spiro atoms. The van der Waals surface area contributed by atoms with E-state index in [1.165, 1.54) is 4.31 Å². The van der Waals surface area contributed by atoms with Crippen molar-refractivity contribution in [2.45, 2.75) is 23.8 Å². The number of benzene rings is 1. The predicted octanol–water partition coefficient (Wildman–Crippen LogP) is 1.43. The SMILES string of the molecule is Cl.O=C(CC1CSCCN1)N1CCCN(S(=O)(=O)c2ccccc2)CC1. The Balaban J connectivity index is 0.00000243. The van der Waals surface area contributed by atoms with E-state index in [2.05, 4.69) is 5.32 Å². The molecule has 9 heteroatoms. The van der Waals surface area contributed by atoms with Gasteiger partial charge in [-0.1, -0.05) is 18.2 Å². The Bertz CT molecular complexity index is 682. The molecule has 1 amide bonds. The molecule has 3 rings (SSSR count).